The SMILES string of the molecule is CON=C(C(C)(C)C)C(C)(C)C. The van der Waals surface area contributed by atoms with E-state index in [1.165, 1.54) is 0 Å². The summed E-state index contributed by atoms with van der Waals surface area (Å²) in [5.74, 6) is 0. The van der Waals surface area contributed by atoms with E-state index in [1.54, 1.807) is 7.11 Å². The number of oxime groups is 1. The Hall–Kier alpha value is -0.530. The van der Waals surface area contributed by atoms with Gasteiger partial charge in [-0.2, -0.15) is 0 Å². The average Bonchev–Trinajstić information content (AvgIpc) is 1.77. The van der Waals surface area contributed by atoms with E-state index in [4.69, 9.17) is 4.84 Å². The van der Waals surface area contributed by atoms with Crippen LogP contribution in [0.2, 0.25) is 0 Å². The molecule has 0 N–H and O–H groups in total. The van der Waals surface area contributed by atoms with Gasteiger partial charge in [0.25, 0.3) is 0 Å². The topological polar surface area (TPSA) is 21.6 Å². The van der Waals surface area contributed by atoms with Gasteiger partial charge >= 0.3 is 0 Å². The fourth-order valence-corrected chi connectivity index (χ4v) is 1.49. The van der Waals surface area contributed by atoms with Crippen molar-refractivity contribution >= 4 is 5.71 Å². The number of hydrogen-bond donors (Lipinski definition) is 0. The normalized spacial score (nSPS) is 12.6. The Bertz CT molecular complexity index is 153. The summed E-state index contributed by atoms with van der Waals surface area (Å²) in [6.45, 7) is 12.9. The molecule has 0 aliphatic rings. The van der Waals surface area contributed by atoms with Crippen molar-refractivity contribution in [2.45, 2.75) is 41.5 Å². The zero-order valence-corrected chi connectivity index (χ0v) is 9.36. The third kappa shape index (κ3) is 3.24. The summed E-state index contributed by atoms with van der Waals surface area (Å²) < 4.78 is 0. The molecule has 0 aromatic carbocycles. The molecule has 0 aliphatic carbocycles. The van der Waals surface area contributed by atoms with E-state index < -0.39 is 0 Å². The number of nitrogens with zero attached hydrogens (tertiary/aromatic N) is 1. The van der Waals surface area contributed by atoms with Crippen LogP contribution in [0.4, 0.5) is 0 Å². The lowest BCUT2D eigenvalue weighted by molar-refractivity contribution is 0.203. The van der Waals surface area contributed by atoms with Gasteiger partial charge in [0.15, 0.2) is 0 Å². The lowest BCUT2D eigenvalue weighted by atomic mass is 9.75. The van der Waals surface area contributed by atoms with Gasteiger partial charge in [-0.25, -0.2) is 0 Å². The van der Waals surface area contributed by atoms with E-state index in [0.29, 0.717) is 0 Å². The molecular weight excluding hydrogens is 150 g/mol. The number of rotatable bonds is 1. The quantitative estimate of drug-likeness (QED) is 0.439. The van der Waals surface area contributed by atoms with Crippen LogP contribution in [0.5, 0.6) is 0 Å². The minimum absolute atomic E-state index is 0.0776. The van der Waals surface area contributed by atoms with Crippen LogP contribution >= 0.6 is 0 Å². The van der Waals surface area contributed by atoms with Gasteiger partial charge in [0.1, 0.15) is 7.11 Å². The molecule has 2 nitrogen and oxygen atoms in total. The van der Waals surface area contributed by atoms with Crippen molar-refractivity contribution < 1.29 is 4.84 Å². The summed E-state index contributed by atoms with van der Waals surface area (Å²) in [4.78, 5) is 4.84. The fraction of sp³-hybridized carbons (Fsp3) is 0.900. The molecule has 0 radical (unpaired) electrons. The molecule has 0 atom stereocenters. The molecular formula is C10H21NO. The lowest BCUT2D eigenvalue weighted by Gasteiger charge is -2.30. The average molecular weight is 171 g/mol. The maximum Gasteiger partial charge on any atom is 0.106 e. The maximum absolute atomic E-state index is 4.84. The van der Waals surface area contributed by atoms with Crippen molar-refractivity contribution in [2.24, 2.45) is 16.0 Å². The first kappa shape index (κ1) is 11.5. The molecule has 0 aromatic rings. The van der Waals surface area contributed by atoms with Crippen LogP contribution < -0.4 is 0 Å². The predicted molar refractivity (Wildman–Crippen MR) is 53.4 cm³/mol. The van der Waals surface area contributed by atoms with E-state index in [2.05, 4.69) is 46.7 Å². The Morgan fingerprint density at radius 2 is 1.25 bits per heavy atom. The summed E-state index contributed by atoms with van der Waals surface area (Å²) in [5, 5.41) is 4.08. The van der Waals surface area contributed by atoms with Crippen molar-refractivity contribution in [3.05, 3.63) is 0 Å². The highest BCUT2D eigenvalue weighted by Gasteiger charge is 2.30. The first-order chi connectivity index (χ1) is 5.19. The fourth-order valence-electron chi connectivity index (χ4n) is 1.49. The molecule has 0 saturated heterocycles. The van der Waals surface area contributed by atoms with Gasteiger partial charge in [-0.1, -0.05) is 46.7 Å². The van der Waals surface area contributed by atoms with E-state index in [1.807, 2.05) is 0 Å². The molecule has 0 rings (SSSR count). The second kappa shape index (κ2) is 3.46. The highest BCUT2D eigenvalue weighted by atomic mass is 16.6. The van der Waals surface area contributed by atoms with Gasteiger partial charge in [-0.15, -0.1) is 0 Å². The maximum atomic E-state index is 4.84. The van der Waals surface area contributed by atoms with Crippen molar-refractivity contribution in [1.29, 1.82) is 0 Å². The largest absolute Gasteiger partial charge is 0.399 e. The van der Waals surface area contributed by atoms with Crippen LogP contribution in [0, 0.1) is 10.8 Å². The van der Waals surface area contributed by atoms with Crippen LogP contribution in [0.1, 0.15) is 41.5 Å². The first-order valence-electron chi connectivity index (χ1n) is 4.31. The van der Waals surface area contributed by atoms with Gasteiger partial charge in [0, 0.05) is 10.8 Å². The van der Waals surface area contributed by atoms with Gasteiger partial charge in [0.2, 0.25) is 0 Å². The Kier molecular flexibility index (Phi) is 3.31. The Balaban J connectivity index is 4.83. The molecule has 0 unspecified atom stereocenters. The second-order valence-corrected chi connectivity index (χ2v) is 5.12. The minimum Gasteiger partial charge on any atom is -0.399 e. The second-order valence-electron chi connectivity index (χ2n) is 5.12. The van der Waals surface area contributed by atoms with Gasteiger partial charge in [0.05, 0.1) is 5.71 Å². The van der Waals surface area contributed by atoms with E-state index >= 15 is 0 Å². The van der Waals surface area contributed by atoms with Gasteiger partial charge in [-0.05, 0) is 0 Å². The lowest BCUT2D eigenvalue weighted by Crippen LogP contribution is -2.33. The smallest absolute Gasteiger partial charge is 0.106 e. The Labute approximate surface area is 76.0 Å². The van der Waals surface area contributed by atoms with Crippen LogP contribution in [-0.4, -0.2) is 12.8 Å². The van der Waals surface area contributed by atoms with Crippen LogP contribution in [0.15, 0.2) is 5.16 Å². The van der Waals surface area contributed by atoms with E-state index in [0.717, 1.165) is 5.71 Å². The zero-order valence-electron chi connectivity index (χ0n) is 9.36. The summed E-state index contributed by atoms with van der Waals surface area (Å²) in [6, 6.07) is 0. The highest BCUT2D eigenvalue weighted by Crippen LogP contribution is 2.29. The summed E-state index contributed by atoms with van der Waals surface area (Å²) in [5.41, 5.74) is 1.25. The van der Waals surface area contributed by atoms with Crippen molar-refractivity contribution in [2.75, 3.05) is 7.11 Å². The summed E-state index contributed by atoms with van der Waals surface area (Å²) >= 11 is 0. The van der Waals surface area contributed by atoms with Gasteiger partial charge in [-0.3, -0.25) is 0 Å². The van der Waals surface area contributed by atoms with Crippen molar-refractivity contribution in [3.8, 4) is 0 Å². The summed E-state index contributed by atoms with van der Waals surface area (Å²) in [7, 11) is 1.59. The number of hydrogen-bond acceptors (Lipinski definition) is 2. The molecule has 12 heavy (non-hydrogen) atoms. The standard InChI is InChI=1S/C10H21NO/c1-9(2,3)8(11-12-7)10(4,5)6/h1-7H3. The third-order valence-electron chi connectivity index (χ3n) is 1.60. The monoisotopic (exact) mass is 171 g/mol. The molecule has 0 fully saturated rings. The zero-order chi connectivity index (χ0) is 9.99. The molecule has 2 heteroatoms. The molecule has 0 spiro atoms. The minimum atomic E-state index is 0.0776. The molecule has 0 heterocycles. The Morgan fingerprint density at radius 1 is 0.917 bits per heavy atom. The molecule has 0 aliphatic heterocycles. The molecule has 0 amide bonds. The molecule has 0 aromatic heterocycles. The molecule has 0 bridgehead atoms. The highest BCUT2D eigenvalue weighted by molar-refractivity contribution is 5.93. The van der Waals surface area contributed by atoms with Crippen molar-refractivity contribution in [3.63, 3.8) is 0 Å². The van der Waals surface area contributed by atoms with Gasteiger partial charge < -0.3 is 4.84 Å². The van der Waals surface area contributed by atoms with Crippen LogP contribution in [-0.2, 0) is 4.84 Å². The molecule has 72 valence electrons. The van der Waals surface area contributed by atoms with Crippen molar-refractivity contribution in [1.82, 2.24) is 0 Å². The van der Waals surface area contributed by atoms with E-state index in [9.17, 15) is 0 Å². The van der Waals surface area contributed by atoms with Crippen LogP contribution in [0.25, 0.3) is 0 Å². The van der Waals surface area contributed by atoms with E-state index in [-0.39, 0.29) is 10.8 Å². The third-order valence-corrected chi connectivity index (χ3v) is 1.60. The predicted octanol–water partition coefficient (Wildman–Crippen LogP) is 3.08. The Morgan fingerprint density at radius 3 is 1.33 bits per heavy atom. The van der Waals surface area contributed by atoms with Crippen LogP contribution in [0.3, 0.4) is 0 Å². The first-order valence-corrected chi connectivity index (χ1v) is 4.31. The molecule has 0 saturated carbocycles. The summed E-state index contributed by atoms with van der Waals surface area (Å²) in [6.07, 6.45) is 0.